The number of nitrogens with two attached hydrogens (primary N) is 1. The second kappa shape index (κ2) is 4.38. The number of nitrogens with zero attached hydrogens (tertiary/aromatic N) is 3. The molecule has 0 unspecified atom stereocenters. The number of halogens is 1. The molecular weight excluding hydrogens is 248 g/mol. The molecule has 3 rings (SSSR count). The highest BCUT2D eigenvalue weighted by Gasteiger charge is 2.14. The summed E-state index contributed by atoms with van der Waals surface area (Å²) in [7, 11) is 0. The van der Waals surface area contributed by atoms with Crippen LogP contribution in [0.2, 0.25) is 5.02 Å². The second-order valence-corrected chi connectivity index (χ2v) is 4.54. The van der Waals surface area contributed by atoms with E-state index in [0.717, 1.165) is 35.0 Å². The molecule has 2 heterocycles. The van der Waals surface area contributed by atoms with E-state index < -0.39 is 0 Å². The zero-order valence-electron chi connectivity index (χ0n) is 9.60. The largest absolute Gasteiger partial charge is 0.386 e. The first-order valence-electron chi connectivity index (χ1n) is 5.68. The zero-order valence-corrected chi connectivity index (χ0v) is 10.4. The van der Waals surface area contributed by atoms with Gasteiger partial charge in [0.2, 0.25) is 0 Å². The summed E-state index contributed by atoms with van der Waals surface area (Å²) in [6.07, 6.45) is 3.27. The van der Waals surface area contributed by atoms with E-state index in [1.165, 1.54) is 0 Å². The third-order valence-corrected chi connectivity index (χ3v) is 3.27. The van der Waals surface area contributed by atoms with Crippen LogP contribution in [0, 0.1) is 0 Å². The van der Waals surface area contributed by atoms with Crippen molar-refractivity contribution < 1.29 is 0 Å². The topological polar surface area (TPSA) is 63.6 Å². The molecule has 18 heavy (non-hydrogen) atoms. The van der Waals surface area contributed by atoms with Crippen molar-refractivity contribution in [1.82, 2.24) is 4.98 Å². The molecule has 0 bridgehead atoms. The van der Waals surface area contributed by atoms with Crippen LogP contribution >= 0.6 is 11.6 Å². The molecule has 0 atom stereocenters. The number of hydrogen-bond acceptors (Lipinski definition) is 4. The van der Waals surface area contributed by atoms with Gasteiger partial charge in [-0.1, -0.05) is 11.6 Å². The molecule has 2 N–H and O–H groups in total. The summed E-state index contributed by atoms with van der Waals surface area (Å²) in [5, 5.41) is 9.72. The van der Waals surface area contributed by atoms with Gasteiger partial charge in [0.15, 0.2) is 0 Å². The first-order chi connectivity index (χ1) is 8.75. The summed E-state index contributed by atoms with van der Waals surface area (Å²) in [5.74, 6) is 0.574. The molecule has 0 saturated heterocycles. The van der Waals surface area contributed by atoms with Crippen LogP contribution in [-0.4, -0.2) is 16.5 Å². The molecule has 0 radical (unpaired) electrons. The highest BCUT2D eigenvalue weighted by atomic mass is 35.5. The predicted molar refractivity (Wildman–Crippen MR) is 74.1 cm³/mol. The smallest absolute Gasteiger partial charge is 0.122 e. The molecule has 4 nitrogen and oxygen atoms in total. The van der Waals surface area contributed by atoms with Crippen molar-refractivity contribution in [2.24, 2.45) is 15.9 Å². The Morgan fingerprint density at radius 1 is 1.11 bits per heavy atom. The van der Waals surface area contributed by atoms with Gasteiger partial charge in [0.05, 0.1) is 16.3 Å². The molecule has 0 amide bonds. The van der Waals surface area contributed by atoms with Gasteiger partial charge in [-0.05, 0) is 30.7 Å². The molecule has 0 spiro atoms. The van der Waals surface area contributed by atoms with E-state index in [4.69, 9.17) is 17.3 Å². The maximum Gasteiger partial charge on any atom is 0.122 e. The monoisotopic (exact) mass is 258 g/mol. The van der Waals surface area contributed by atoms with Crippen LogP contribution in [0.3, 0.4) is 0 Å². The third kappa shape index (κ3) is 1.84. The van der Waals surface area contributed by atoms with E-state index in [9.17, 15) is 0 Å². The molecule has 0 saturated carbocycles. The van der Waals surface area contributed by atoms with E-state index in [1.807, 2.05) is 24.3 Å². The van der Waals surface area contributed by atoms with Crippen molar-refractivity contribution in [2.45, 2.75) is 12.8 Å². The lowest BCUT2D eigenvalue weighted by molar-refractivity contribution is 1.02. The number of amidine groups is 1. The van der Waals surface area contributed by atoms with Gasteiger partial charge >= 0.3 is 0 Å². The number of benzene rings is 1. The summed E-state index contributed by atoms with van der Waals surface area (Å²) < 4.78 is 0. The molecule has 1 aliphatic heterocycles. The summed E-state index contributed by atoms with van der Waals surface area (Å²) in [5.41, 5.74) is 8.36. The van der Waals surface area contributed by atoms with Crippen LogP contribution < -0.4 is 5.73 Å². The SMILES string of the molecule is NC1=NN=C(c2ccc(Cl)c3cccnc23)CC1. The van der Waals surface area contributed by atoms with E-state index in [1.54, 1.807) is 6.20 Å². The number of pyridine rings is 1. The van der Waals surface area contributed by atoms with Crippen LogP contribution in [0.5, 0.6) is 0 Å². The van der Waals surface area contributed by atoms with E-state index in [0.29, 0.717) is 10.9 Å². The van der Waals surface area contributed by atoms with Gasteiger partial charge in [-0.2, -0.15) is 5.10 Å². The quantitative estimate of drug-likeness (QED) is 0.855. The fourth-order valence-electron chi connectivity index (χ4n) is 2.03. The van der Waals surface area contributed by atoms with Crippen LogP contribution in [0.4, 0.5) is 0 Å². The molecule has 90 valence electrons. The van der Waals surface area contributed by atoms with Gasteiger partial charge in [-0.3, -0.25) is 4.98 Å². The Morgan fingerprint density at radius 2 is 2.00 bits per heavy atom. The Labute approximate surface area is 109 Å². The Balaban J connectivity index is 2.22. The Hall–Kier alpha value is -1.94. The maximum absolute atomic E-state index is 6.16. The molecule has 1 aromatic heterocycles. The van der Waals surface area contributed by atoms with Crippen LogP contribution in [0.1, 0.15) is 18.4 Å². The van der Waals surface area contributed by atoms with Gasteiger partial charge in [0, 0.05) is 23.6 Å². The molecule has 1 aromatic carbocycles. The predicted octanol–water partition coefficient (Wildman–Crippen LogP) is 2.74. The summed E-state index contributed by atoms with van der Waals surface area (Å²) >= 11 is 6.16. The van der Waals surface area contributed by atoms with Gasteiger partial charge in [-0.15, -0.1) is 5.10 Å². The van der Waals surface area contributed by atoms with Crippen molar-refractivity contribution in [3.05, 3.63) is 41.0 Å². The molecule has 0 fully saturated rings. The first-order valence-corrected chi connectivity index (χ1v) is 6.06. The molecule has 0 aliphatic carbocycles. The second-order valence-electron chi connectivity index (χ2n) is 4.13. The van der Waals surface area contributed by atoms with Crippen LogP contribution in [0.25, 0.3) is 10.9 Å². The van der Waals surface area contributed by atoms with Gasteiger partial charge < -0.3 is 5.73 Å². The molecule has 2 aromatic rings. The van der Waals surface area contributed by atoms with Gasteiger partial charge in [0.1, 0.15) is 5.84 Å². The maximum atomic E-state index is 6.16. The zero-order chi connectivity index (χ0) is 12.5. The number of aromatic nitrogens is 1. The minimum absolute atomic E-state index is 0.574. The fraction of sp³-hybridized carbons (Fsp3) is 0.154. The molecular formula is C13H11ClN4. The normalized spacial score (nSPS) is 15.4. The standard InChI is InChI=1S/C13H11ClN4/c14-10-4-3-9(11-5-6-12(15)18-17-11)13-8(10)2-1-7-16-13/h1-4,7H,5-6H2,(H2,15,18). The summed E-state index contributed by atoms with van der Waals surface area (Å²) in [6, 6.07) is 7.63. The van der Waals surface area contributed by atoms with Crippen molar-refractivity contribution >= 4 is 34.1 Å². The average Bonchev–Trinajstić information content (AvgIpc) is 2.41. The lowest BCUT2D eigenvalue weighted by Crippen LogP contribution is -2.18. The van der Waals surface area contributed by atoms with Crippen molar-refractivity contribution in [3.8, 4) is 0 Å². The Morgan fingerprint density at radius 3 is 2.78 bits per heavy atom. The minimum Gasteiger partial charge on any atom is -0.386 e. The number of fused-ring (bicyclic) bond motifs is 1. The van der Waals surface area contributed by atoms with Crippen molar-refractivity contribution in [1.29, 1.82) is 0 Å². The minimum atomic E-state index is 0.574. The van der Waals surface area contributed by atoms with Gasteiger partial charge in [-0.25, -0.2) is 0 Å². The summed E-state index contributed by atoms with van der Waals surface area (Å²) in [6.45, 7) is 0. The van der Waals surface area contributed by atoms with E-state index >= 15 is 0 Å². The fourth-order valence-corrected chi connectivity index (χ4v) is 2.25. The number of rotatable bonds is 1. The highest BCUT2D eigenvalue weighted by molar-refractivity contribution is 6.36. The summed E-state index contributed by atoms with van der Waals surface area (Å²) in [4.78, 5) is 4.39. The lowest BCUT2D eigenvalue weighted by atomic mass is 10.0. The average molecular weight is 259 g/mol. The lowest BCUT2D eigenvalue weighted by Gasteiger charge is -2.12. The van der Waals surface area contributed by atoms with Crippen molar-refractivity contribution in [3.63, 3.8) is 0 Å². The Kier molecular flexibility index (Phi) is 2.72. The Bertz CT molecular complexity index is 676. The number of hydrogen-bond donors (Lipinski definition) is 1. The van der Waals surface area contributed by atoms with Crippen LogP contribution in [-0.2, 0) is 0 Å². The van der Waals surface area contributed by atoms with E-state index in [-0.39, 0.29) is 0 Å². The first kappa shape index (κ1) is 11.2. The highest BCUT2D eigenvalue weighted by Crippen LogP contribution is 2.26. The molecule has 1 aliphatic rings. The third-order valence-electron chi connectivity index (χ3n) is 2.94. The van der Waals surface area contributed by atoms with Crippen molar-refractivity contribution in [2.75, 3.05) is 0 Å². The van der Waals surface area contributed by atoms with Gasteiger partial charge in [0.25, 0.3) is 0 Å². The van der Waals surface area contributed by atoms with E-state index in [2.05, 4.69) is 15.2 Å². The molecule has 5 heteroatoms. The van der Waals surface area contributed by atoms with Crippen LogP contribution in [0.15, 0.2) is 40.7 Å².